The summed E-state index contributed by atoms with van der Waals surface area (Å²) in [6.45, 7) is 5.85. The molecule has 3 aliphatic heterocycles. The average molecular weight is 434 g/mol. The van der Waals surface area contributed by atoms with Gasteiger partial charge in [-0.3, -0.25) is 19.4 Å². The summed E-state index contributed by atoms with van der Waals surface area (Å²) in [6, 6.07) is 16.3. The Hall–Kier alpha value is -2.70. The van der Waals surface area contributed by atoms with Crippen LogP contribution < -0.4 is 4.90 Å². The number of aryl methyl sites for hydroxylation is 1. The van der Waals surface area contributed by atoms with Crippen molar-refractivity contribution in [3.8, 4) is 0 Å². The molecule has 0 aliphatic carbocycles. The Bertz CT molecular complexity index is 964. The van der Waals surface area contributed by atoms with Gasteiger partial charge < -0.3 is 9.64 Å². The molecule has 0 N–H and O–H groups in total. The zero-order valence-electron chi connectivity index (χ0n) is 18.5. The van der Waals surface area contributed by atoms with Crippen LogP contribution in [0.25, 0.3) is 0 Å². The molecule has 2 aromatic carbocycles. The predicted octanol–water partition coefficient (Wildman–Crippen LogP) is 3.22. The number of carbonyl (C=O) groups excluding carboxylic acids is 2. The number of hydrogen-bond donors (Lipinski definition) is 0. The first-order chi connectivity index (χ1) is 15.7. The number of piperazine rings is 1. The van der Waals surface area contributed by atoms with E-state index in [1.807, 2.05) is 12.1 Å². The molecule has 2 fully saturated rings. The van der Waals surface area contributed by atoms with Crippen molar-refractivity contribution < 1.29 is 14.3 Å². The van der Waals surface area contributed by atoms with Gasteiger partial charge in [-0.15, -0.1) is 0 Å². The molecule has 5 rings (SSSR count). The lowest BCUT2D eigenvalue weighted by Crippen LogP contribution is -2.47. The summed E-state index contributed by atoms with van der Waals surface area (Å²) in [6.07, 6.45) is 4.13. The van der Waals surface area contributed by atoms with E-state index in [0.29, 0.717) is 24.3 Å². The van der Waals surface area contributed by atoms with E-state index in [2.05, 4.69) is 40.1 Å². The van der Waals surface area contributed by atoms with Gasteiger partial charge in [-0.2, -0.15) is 0 Å². The lowest BCUT2D eigenvalue weighted by molar-refractivity contribution is 0.0475. The van der Waals surface area contributed by atoms with E-state index in [4.69, 9.17) is 4.74 Å². The van der Waals surface area contributed by atoms with Crippen LogP contribution in [0.1, 0.15) is 45.5 Å². The van der Waals surface area contributed by atoms with Gasteiger partial charge in [0.15, 0.2) is 0 Å². The quantitative estimate of drug-likeness (QED) is 0.628. The van der Waals surface area contributed by atoms with E-state index in [1.54, 1.807) is 6.07 Å². The van der Waals surface area contributed by atoms with Crippen molar-refractivity contribution in [3.05, 3.63) is 65.2 Å². The summed E-state index contributed by atoms with van der Waals surface area (Å²) in [5, 5.41) is 0. The van der Waals surface area contributed by atoms with Crippen LogP contribution in [0.4, 0.5) is 5.69 Å². The van der Waals surface area contributed by atoms with Crippen LogP contribution in [0.5, 0.6) is 0 Å². The van der Waals surface area contributed by atoms with E-state index >= 15 is 0 Å². The van der Waals surface area contributed by atoms with E-state index in [0.717, 1.165) is 64.1 Å². The molecule has 2 aromatic rings. The maximum absolute atomic E-state index is 13.2. The topological polar surface area (TPSA) is 53.1 Å². The second kappa shape index (κ2) is 9.43. The first-order valence-electron chi connectivity index (χ1n) is 11.8. The Labute approximate surface area is 189 Å². The van der Waals surface area contributed by atoms with Crippen molar-refractivity contribution >= 4 is 17.5 Å². The van der Waals surface area contributed by atoms with Crippen LogP contribution >= 0.6 is 0 Å². The second-order valence-corrected chi connectivity index (χ2v) is 8.97. The van der Waals surface area contributed by atoms with Crippen LogP contribution in [0.15, 0.2) is 48.5 Å². The molecule has 6 nitrogen and oxygen atoms in total. The van der Waals surface area contributed by atoms with Crippen molar-refractivity contribution in [2.24, 2.45) is 0 Å². The smallest absolute Gasteiger partial charge is 0.263 e. The predicted molar refractivity (Wildman–Crippen MR) is 124 cm³/mol. The average Bonchev–Trinajstić information content (AvgIpc) is 3.43. The molecule has 3 heterocycles. The molecule has 0 spiro atoms. The van der Waals surface area contributed by atoms with Crippen molar-refractivity contribution in [2.45, 2.75) is 31.8 Å². The van der Waals surface area contributed by atoms with Gasteiger partial charge in [-0.25, -0.2) is 0 Å². The number of carbonyl (C=O) groups is 2. The molecular formula is C26H31N3O3. The molecule has 2 saturated heterocycles. The zero-order valence-corrected chi connectivity index (χ0v) is 18.5. The Morgan fingerprint density at radius 3 is 2.47 bits per heavy atom. The molecule has 2 amide bonds. The highest BCUT2D eigenvalue weighted by Crippen LogP contribution is 2.33. The van der Waals surface area contributed by atoms with E-state index < -0.39 is 0 Å². The number of benzene rings is 2. The Balaban J connectivity index is 1.20. The van der Waals surface area contributed by atoms with Gasteiger partial charge >= 0.3 is 0 Å². The minimum Gasteiger partial charge on any atom is -0.376 e. The lowest BCUT2D eigenvalue weighted by atomic mass is 10.1. The van der Waals surface area contributed by atoms with Gasteiger partial charge in [0.05, 0.1) is 29.5 Å². The standard InChI is InChI=1S/C26H31N3O3/c30-25-22-11-4-12-23(24(22)26(31)29(25)19-21-10-6-18-32-21)28-16-14-27(15-17-28)13-5-9-20-7-2-1-3-8-20/h1-4,7-8,11-12,21H,5-6,9-10,13-19H2/t21-/m1/s1. The molecule has 0 bridgehead atoms. The van der Waals surface area contributed by atoms with Gasteiger partial charge in [-0.05, 0) is 49.9 Å². The summed E-state index contributed by atoms with van der Waals surface area (Å²) in [5.74, 6) is -0.344. The fraction of sp³-hybridized carbons (Fsp3) is 0.462. The fourth-order valence-corrected chi connectivity index (χ4v) is 5.10. The van der Waals surface area contributed by atoms with Gasteiger partial charge in [0.2, 0.25) is 0 Å². The zero-order chi connectivity index (χ0) is 21.9. The Kier molecular flexibility index (Phi) is 6.23. The molecule has 0 unspecified atom stereocenters. The van der Waals surface area contributed by atoms with E-state index in [9.17, 15) is 9.59 Å². The monoisotopic (exact) mass is 433 g/mol. The highest BCUT2D eigenvalue weighted by molar-refractivity contribution is 6.23. The number of amides is 2. The number of hydrogen-bond acceptors (Lipinski definition) is 5. The second-order valence-electron chi connectivity index (χ2n) is 8.97. The van der Waals surface area contributed by atoms with Crippen molar-refractivity contribution in [1.29, 1.82) is 0 Å². The Morgan fingerprint density at radius 1 is 0.906 bits per heavy atom. The molecule has 32 heavy (non-hydrogen) atoms. The molecule has 0 aromatic heterocycles. The maximum atomic E-state index is 13.2. The van der Waals surface area contributed by atoms with Crippen molar-refractivity contribution in [1.82, 2.24) is 9.80 Å². The third kappa shape index (κ3) is 4.30. The number of ether oxygens (including phenoxy) is 1. The highest BCUT2D eigenvalue weighted by atomic mass is 16.5. The first kappa shape index (κ1) is 21.2. The summed E-state index contributed by atoms with van der Waals surface area (Å²) in [4.78, 5) is 32.3. The van der Waals surface area contributed by atoms with Gasteiger partial charge in [-0.1, -0.05) is 36.4 Å². The molecular weight excluding hydrogens is 402 g/mol. The lowest BCUT2D eigenvalue weighted by Gasteiger charge is -2.36. The van der Waals surface area contributed by atoms with Gasteiger partial charge in [0.1, 0.15) is 0 Å². The summed E-state index contributed by atoms with van der Waals surface area (Å²) in [7, 11) is 0. The van der Waals surface area contributed by atoms with E-state index in [1.165, 1.54) is 10.5 Å². The molecule has 168 valence electrons. The molecule has 6 heteroatoms. The summed E-state index contributed by atoms with van der Waals surface area (Å²) >= 11 is 0. The number of rotatable bonds is 7. The van der Waals surface area contributed by atoms with Crippen LogP contribution in [0, 0.1) is 0 Å². The first-order valence-corrected chi connectivity index (χ1v) is 11.8. The number of fused-ring (bicyclic) bond motifs is 1. The maximum Gasteiger partial charge on any atom is 0.263 e. The molecule has 3 aliphatic rings. The third-order valence-electron chi connectivity index (χ3n) is 6.88. The Morgan fingerprint density at radius 2 is 1.72 bits per heavy atom. The summed E-state index contributed by atoms with van der Waals surface area (Å²) < 4.78 is 5.67. The highest BCUT2D eigenvalue weighted by Gasteiger charge is 2.40. The van der Waals surface area contributed by atoms with E-state index in [-0.39, 0.29) is 17.9 Å². The van der Waals surface area contributed by atoms with Crippen molar-refractivity contribution in [2.75, 3.05) is 50.8 Å². The van der Waals surface area contributed by atoms with Gasteiger partial charge in [0, 0.05) is 32.8 Å². The largest absolute Gasteiger partial charge is 0.376 e. The molecule has 0 radical (unpaired) electrons. The van der Waals surface area contributed by atoms with Crippen LogP contribution in [0.2, 0.25) is 0 Å². The third-order valence-corrected chi connectivity index (χ3v) is 6.88. The van der Waals surface area contributed by atoms with Crippen LogP contribution in [-0.4, -0.2) is 73.6 Å². The van der Waals surface area contributed by atoms with Crippen molar-refractivity contribution in [3.63, 3.8) is 0 Å². The number of imide groups is 1. The molecule has 1 atom stereocenters. The number of anilines is 1. The fourth-order valence-electron chi connectivity index (χ4n) is 5.10. The summed E-state index contributed by atoms with van der Waals surface area (Å²) in [5.41, 5.74) is 3.41. The minimum absolute atomic E-state index is 0.0277. The number of nitrogens with zero attached hydrogens (tertiary/aromatic N) is 3. The SMILES string of the molecule is O=C1c2cccc(N3CCN(CCCc4ccccc4)CC3)c2C(=O)N1C[C@H]1CCCO1. The van der Waals surface area contributed by atoms with Crippen LogP contribution in [-0.2, 0) is 11.2 Å². The molecule has 0 saturated carbocycles. The van der Waals surface area contributed by atoms with Gasteiger partial charge in [0.25, 0.3) is 11.8 Å². The normalized spacial score (nSPS) is 21.4. The van der Waals surface area contributed by atoms with Crippen LogP contribution in [0.3, 0.4) is 0 Å². The minimum atomic E-state index is -0.179.